The van der Waals surface area contributed by atoms with Crippen LogP contribution >= 0.6 is 15.6 Å². The summed E-state index contributed by atoms with van der Waals surface area (Å²) in [6, 6.07) is 0. The maximum Gasteiger partial charge on any atom is 0.472 e. The molecule has 5 atom stereocenters. The van der Waals surface area contributed by atoms with Crippen molar-refractivity contribution >= 4 is 39.5 Å². The second-order valence-electron chi connectivity index (χ2n) is 28.1. The lowest BCUT2D eigenvalue weighted by atomic mass is 10.0. The van der Waals surface area contributed by atoms with Crippen molar-refractivity contribution in [1.82, 2.24) is 0 Å². The molecular formula is C83H152O17P2. The molecule has 0 radical (unpaired) electrons. The highest BCUT2D eigenvalue weighted by molar-refractivity contribution is 7.47. The lowest BCUT2D eigenvalue weighted by Crippen LogP contribution is -2.30. The molecule has 0 aliphatic rings. The fourth-order valence-corrected chi connectivity index (χ4v) is 13.2. The van der Waals surface area contributed by atoms with Gasteiger partial charge in [-0.1, -0.05) is 332 Å². The second kappa shape index (κ2) is 76.0. The standard InChI is InChI=1S/C83H152O17P2/c1-5-9-13-17-21-25-29-33-37-38-42-46-50-54-58-62-66-70-83(88)100-79(74-94-81(86)68-64-60-56-52-48-44-40-35-31-27-23-19-15-11-7-3)76-98-102(91,92)96-72-77(84)71-95-101(89,90)97-75-78(99-82(87)69-65-61-57-53-49-45-41-36-32-28-24-20-16-12-8-4)73-93-80(85)67-63-59-55-51-47-43-39-34-30-26-22-18-14-10-6-2/h21,25,33-34,37,39,42,46,54,58,77-79,84H,5-20,22-24,26-32,35-36,38,40-41,43-45,47-53,55-57,59-76H2,1-4H3,(H,89,90)(H,91,92)/b25-21-,37-33-,39-34-,46-42-,58-54-/t77-,78-,79-/m1/s1. The Hall–Kier alpha value is -3.24. The van der Waals surface area contributed by atoms with Crippen LogP contribution in [-0.2, 0) is 65.4 Å². The Labute approximate surface area is 622 Å². The minimum atomic E-state index is -4.98. The second-order valence-corrected chi connectivity index (χ2v) is 31.0. The van der Waals surface area contributed by atoms with Gasteiger partial charge in [-0.05, 0) is 89.9 Å². The van der Waals surface area contributed by atoms with Gasteiger partial charge < -0.3 is 33.8 Å². The highest BCUT2D eigenvalue weighted by Crippen LogP contribution is 2.45. The molecule has 3 N–H and O–H groups in total. The Balaban J connectivity index is 5.37. The number of aliphatic hydroxyl groups is 1. The summed E-state index contributed by atoms with van der Waals surface area (Å²) in [5, 5.41) is 10.6. The summed E-state index contributed by atoms with van der Waals surface area (Å²) in [6.45, 7) is 4.87. The van der Waals surface area contributed by atoms with Gasteiger partial charge in [0.2, 0.25) is 0 Å². The third-order valence-corrected chi connectivity index (χ3v) is 19.9. The van der Waals surface area contributed by atoms with Crippen LogP contribution in [0.1, 0.15) is 387 Å². The number of unbranched alkanes of at least 4 members (excludes halogenated alkanes) is 43. The first-order chi connectivity index (χ1) is 49.7. The first kappa shape index (κ1) is 98.8. The molecule has 0 aromatic rings. The van der Waals surface area contributed by atoms with Gasteiger partial charge in [-0.3, -0.25) is 37.3 Å². The molecule has 0 aromatic carbocycles. The van der Waals surface area contributed by atoms with Crippen molar-refractivity contribution in [2.24, 2.45) is 0 Å². The summed E-state index contributed by atoms with van der Waals surface area (Å²) in [5.41, 5.74) is 0. The van der Waals surface area contributed by atoms with E-state index in [2.05, 4.69) is 76.3 Å². The van der Waals surface area contributed by atoms with Crippen LogP contribution in [0.25, 0.3) is 0 Å². The number of rotatable bonds is 79. The molecule has 0 amide bonds. The fraction of sp³-hybridized carbons (Fsp3) is 0.831. The lowest BCUT2D eigenvalue weighted by Gasteiger charge is -2.21. The smallest absolute Gasteiger partial charge is 0.462 e. The quantitative estimate of drug-likeness (QED) is 0.0169. The van der Waals surface area contributed by atoms with E-state index in [1.54, 1.807) is 0 Å². The zero-order valence-electron chi connectivity index (χ0n) is 65.3. The number of hydrogen-bond acceptors (Lipinski definition) is 15. The first-order valence-corrected chi connectivity index (χ1v) is 44.5. The first-order valence-electron chi connectivity index (χ1n) is 41.5. The van der Waals surface area contributed by atoms with Crippen LogP contribution in [0.2, 0.25) is 0 Å². The third-order valence-electron chi connectivity index (χ3n) is 18.0. The van der Waals surface area contributed by atoms with Crippen LogP contribution in [0.4, 0.5) is 0 Å². The van der Waals surface area contributed by atoms with E-state index >= 15 is 0 Å². The van der Waals surface area contributed by atoms with Gasteiger partial charge in [-0.25, -0.2) is 9.13 Å². The maximum atomic E-state index is 13.1. The molecule has 19 heteroatoms. The number of phosphoric acid groups is 2. The summed E-state index contributed by atoms with van der Waals surface area (Å²) in [7, 11) is -9.96. The Morgan fingerprint density at radius 3 is 0.804 bits per heavy atom. The van der Waals surface area contributed by atoms with E-state index in [1.807, 2.05) is 12.2 Å². The van der Waals surface area contributed by atoms with E-state index in [0.717, 1.165) is 109 Å². The zero-order valence-corrected chi connectivity index (χ0v) is 67.1. The van der Waals surface area contributed by atoms with Gasteiger partial charge in [0.25, 0.3) is 0 Å². The normalized spacial score (nSPS) is 14.1. The molecule has 596 valence electrons. The lowest BCUT2D eigenvalue weighted by molar-refractivity contribution is -0.161. The Morgan fingerprint density at radius 1 is 0.275 bits per heavy atom. The topological polar surface area (TPSA) is 237 Å². The van der Waals surface area contributed by atoms with E-state index in [4.69, 9.17) is 37.0 Å². The number of carbonyl (C=O) groups excluding carboxylic acids is 4. The van der Waals surface area contributed by atoms with Crippen molar-refractivity contribution in [2.75, 3.05) is 39.6 Å². The summed E-state index contributed by atoms with van der Waals surface area (Å²) in [6.07, 6.45) is 76.2. The SMILES string of the molecule is CCCCC/C=C\C/C=C\C/C=C\C/C=C\CCCC(=O)O[C@H](COC(=O)CCCCCCCCCCCCCCCCC)COP(=O)(O)OC[C@H](O)COP(=O)(O)OC[C@@H](COC(=O)CCCCCCC/C=C\CCCCCCCC)OC(=O)CCCCCCCCCCCCCCCCC. The Morgan fingerprint density at radius 2 is 0.490 bits per heavy atom. The molecule has 0 rings (SSSR count). The molecule has 102 heavy (non-hydrogen) atoms. The summed E-state index contributed by atoms with van der Waals surface area (Å²) in [4.78, 5) is 73.1. The van der Waals surface area contributed by atoms with Crippen LogP contribution in [-0.4, -0.2) is 96.7 Å². The molecule has 0 aromatic heterocycles. The molecule has 0 aliphatic carbocycles. The molecule has 0 heterocycles. The van der Waals surface area contributed by atoms with Crippen molar-refractivity contribution in [3.8, 4) is 0 Å². The Bertz CT molecular complexity index is 2170. The molecule has 0 bridgehead atoms. The van der Waals surface area contributed by atoms with E-state index in [0.29, 0.717) is 32.1 Å². The molecule has 0 spiro atoms. The minimum Gasteiger partial charge on any atom is -0.462 e. The highest BCUT2D eigenvalue weighted by Gasteiger charge is 2.30. The predicted octanol–water partition coefficient (Wildman–Crippen LogP) is 24.2. The van der Waals surface area contributed by atoms with Gasteiger partial charge in [0, 0.05) is 25.7 Å². The van der Waals surface area contributed by atoms with Crippen molar-refractivity contribution in [2.45, 2.75) is 406 Å². The van der Waals surface area contributed by atoms with E-state index in [1.165, 1.54) is 193 Å². The molecule has 2 unspecified atom stereocenters. The van der Waals surface area contributed by atoms with Gasteiger partial charge >= 0.3 is 39.5 Å². The molecule has 0 aliphatic heterocycles. The third kappa shape index (κ3) is 75.0. The number of ether oxygens (including phenoxy) is 4. The number of carbonyl (C=O) groups is 4. The average molecular weight is 1480 g/mol. The van der Waals surface area contributed by atoms with E-state index in [9.17, 15) is 43.2 Å². The van der Waals surface area contributed by atoms with Crippen LogP contribution in [0.5, 0.6) is 0 Å². The van der Waals surface area contributed by atoms with E-state index in [-0.39, 0.29) is 25.7 Å². The average Bonchev–Trinajstić information content (AvgIpc) is 0.917. The fourth-order valence-electron chi connectivity index (χ4n) is 11.6. The molecular weight excluding hydrogens is 1330 g/mol. The van der Waals surface area contributed by atoms with Crippen molar-refractivity contribution in [3.05, 3.63) is 60.8 Å². The highest BCUT2D eigenvalue weighted by atomic mass is 31.2. The number of allylic oxidation sites excluding steroid dienone is 10. The van der Waals surface area contributed by atoms with Gasteiger partial charge in [0.15, 0.2) is 12.2 Å². The number of aliphatic hydroxyl groups excluding tert-OH is 1. The maximum absolute atomic E-state index is 13.1. The van der Waals surface area contributed by atoms with E-state index < -0.39 is 97.5 Å². The van der Waals surface area contributed by atoms with Crippen molar-refractivity contribution < 1.29 is 80.2 Å². The summed E-state index contributed by atoms with van der Waals surface area (Å²) < 4.78 is 68.7. The summed E-state index contributed by atoms with van der Waals surface area (Å²) in [5.74, 6) is -2.21. The number of phosphoric ester groups is 2. The summed E-state index contributed by atoms with van der Waals surface area (Å²) >= 11 is 0. The molecule has 0 fully saturated rings. The van der Waals surface area contributed by atoms with Gasteiger partial charge in [-0.15, -0.1) is 0 Å². The van der Waals surface area contributed by atoms with Crippen LogP contribution in [0, 0.1) is 0 Å². The Kier molecular flexibility index (Phi) is 73.6. The van der Waals surface area contributed by atoms with Crippen molar-refractivity contribution in [3.63, 3.8) is 0 Å². The zero-order chi connectivity index (χ0) is 74.6. The molecule has 17 nitrogen and oxygen atoms in total. The van der Waals surface area contributed by atoms with Crippen molar-refractivity contribution in [1.29, 1.82) is 0 Å². The van der Waals surface area contributed by atoms with Gasteiger partial charge in [0.05, 0.1) is 26.4 Å². The van der Waals surface area contributed by atoms with Crippen LogP contribution in [0.15, 0.2) is 60.8 Å². The van der Waals surface area contributed by atoms with Gasteiger partial charge in [0.1, 0.15) is 19.3 Å². The predicted molar refractivity (Wildman–Crippen MR) is 418 cm³/mol. The largest absolute Gasteiger partial charge is 0.472 e. The van der Waals surface area contributed by atoms with Gasteiger partial charge in [-0.2, -0.15) is 0 Å². The molecule has 0 saturated carbocycles. The van der Waals surface area contributed by atoms with Crippen LogP contribution < -0.4 is 0 Å². The monoisotopic (exact) mass is 1480 g/mol. The number of esters is 4. The van der Waals surface area contributed by atoms with Crippen LogP contribution in [0.3, 0.4) is 0 Å². The number of hydrogen-bond donors (Lipinski definition) is 3. The molecule has 0 saturated heterocycles. The minimum absolute atomic E-state index is 0.0244.